The van der Waals surface area contributed by atoms with Crippen LogP contribution >= 0.6 is 0 Å². The van der Waals surface area contributed by atoms with Crippen LogP contribution in [-0.4, -0.2) is 23.2 Å². The number of likely N-dealkylation sites (N-methyl/N-ethyl adjacent to an activating group) is 1. The van der Waals surface area contributed by atoms with Crippen LogP contribution < -0.4 is 5.32 Å². The maximum atomic E-state index is 13.2. The van der Waals surface area contributed by atoms with Gasteiger partial charge in [-0.2, -0.15) is 4.98 Å². The molecule has 2 atom stereocenters. The zero-order chi connectivity index (χ0) is 13.2. The molecular weight excluding hydrogens is 245 g/mol. The average Bonchev–Trinajstić information content (AvgIpc) is 3.07. The van der Waals surface area contributed by atoms with Gasteiger partial charge in [0, 0.05) is 11.6 Å². The van der Waals surface area contributed by atoms with Crippen LogP contribution in [0, 0.1) is 5.82 Å². The number of hydrogen-bond donors (Lipinski definition) is 1. The fourth-order valence-corrected chi connectivity index (χ4v) is 2.73. The van der Waals surface area contributed by atoms with Gasteiger partial charge in [0.25, 0.3) is 0 Å². The zero-order valence-corrected chi connectivity index (χ0v) is 10.8. The zero-order valence-electron chi connectivity index (χ0n) is 10.8. The summed E-state index contributed by atoms with van der Waals surface area (Å²) in [4.78, 5) is 4.42. The largest absolute Gasteiger partial charge is 0.339 e. The number of aromatic nitrogens is 2. The summed E-state index contributed by atoms with van der Waals surface area (Å²) in [6, 6.07) is 6.63. The first-order valence-electron chi connectivity index (χ1n) is 6.55. The van der Waals surface area contributed by atoms with Gasteiger partial charge in [-0.05, 0) is 32.0 Å². The monoisotopic (exact) mass is 261 g/mol. The summed E-state index contributed by atoms with van der Waals surface area (Å²) in [6.07, 6.45) is 3.34. The first kappa shape index (κ1) is 12.3. The van der Waals surface area contributed by atoms with Gasteiger partial charge in [0.2, 0.25) is 11.7 Å². The second-order valence-corrected chi connectivity index (χ2v) is 4.90. The molecule has 1 fully saturated rings. The third kappa shape index (κ3) is 2.38. The summed E-state index contributed by atoms with van der Waals surface area (Å²) in [5.74, 6) is 1.07. The summed E-state index contributed by atoms with van der Waals surface area (Å²) in [5.41, 5.74) is 0.647. The fraction of sp³-hybridized carbons (Fsp3) is 0.429. The number of halogens is 1. The van der Waals surface area contributed by atoms with Gasteiger partial charge in [-0.1, -0.05) is 23.7 Å². The third-order valence-corrected chi connectivity index (χ3v) is 3.73. The van der Waals surface area contributed by atoms with Gasteiger partial charge in [0.15, 0.2) is 0 Å². The van der Waals surface area contributed by atoms with E-state index in [9.17, 15) is 4.39 Å². The summed E-state index contributed by atoms with van der Waals surface area (Å²) in [5, 5.41) is 7.24. The molecule has 4 nitrogen and oxygen atoms in total. The smallest absolute Gasteiger partial charge is 0.231 e. The second kappa shape index (κ2) is 5.09. The van der Waals surface area contributed by atoms with Crippen LogP contribution in [-0.2, 0) is 0 Å². The van der Waals surface area contributed by atoms with Crippen LogP contribution in [0.25, 0.3) is 11.4 Å². The molecule has 0 radical (unpaired) electrons. The van der Waals surface area contributed by atoms with E-state index in [1.54, 1.807) is 12.1 Å². The minimum Gasteiger partial charge on any atom is -0.339 e. The summed E-state index contributed by atoms with van der Waals surface area (Å²) in [7, 11) is 1.95. The van der Waals surface area contributed by atoms with Gasteiger partial charge < -0.3 is 9.84 Å². The Bertz CT molecular complexity index is 569. The van der Waals surface area contributed by atoms with E-state index in [1.165, 1.54) is 12.1 Å². The van der Waals surface area contributed by atoms with Gasteiger partial charge in [0.1, 0.15) is 5.82 Å². The van der Waals surface area contributed by atoms with E-state index in [4.69, 9.17) is 4.52 Å². The van der Waals surface area contributed by atoms with Gasteiger partial charge in [-0.15, -0.1) is 0 Å². The molecule has 0 spiro atoms. The number of nitrogens with zero attached hydrogens (tertiary/aromatic N) is 2. The molecule has 3 rings (SSSR count). The lowest BCUT2D eigenvalue weighted by Gasteiger charge is -2.14. The fourth-order valence-electron chi connectivity index (χ4n) is 2.73. The van der Waals surface area contributed by atoms with Crippen LogP contribution in [0.1, 0.15) is 31.1 Å². The van der Waals surface area contributed by atoms with E-state index >= 15 is 0 Å². The second-order valence-electron chi connectivity index (χ2n) is 4.90. The topological polar surface area (TPSA) is 51.0 Å². The molecule has 5 heteroatoms. The predicted octanol–water partition coefficient (Wildman–Crippen LogP) is 2.73. The minimum absolute atomic E-state index is 0.264. The molecule has 2 unspecified atom stereocenters. The molecule has 100 valence electrons. The highest BCUT2D eigenvalue weighted by molar-refractivity contribution is 5.53. The minimum atomic E-state index is -0.294. The van der Waals surface area contributed by atoms with Gasteiger partial charge in [-0.25, -0.2) is 4.39 Å². The van der Waals surface area contributed by atoms with Crippen molar-refractivity contribution in [3.8, 4) is 11.4 Å². The molecule has 1 aromatic heterocycles. The molecule has 1 heterocycles. The van der Waals surface area contributed by atoms with Crippen LogP contribution in [0.15, 0.2) is 28.8 Å². The molecule has 0 amide bonds. The van der Waals surface area contributed by atoms with E-state index in [0.717, 1.165) is 19.3 Å². The molecule has 1 N–H and O–H groups in total. The summed E-state index contributed by atoms with van der Waals surface area (Å²) < 4.78 is 18.5. The molecule has 1 aliphatic carbocycles. The van der Waals surface area contributed by atoms with Crippen molar-refractivity contribution in [2.24, 2.45) is 0 Å². The molecule has 0 bridgehead atoms. The molecule has 2 aromatic rings. The van der Waals surface area contributed by atoms with Gasteiger partial charge >= 0.3 is 0 Å². The normalized spacial score (nSPS) is 22.8. The third-order valence-electron chi connectivity index (χ3n) is 3.73. The van der Waals surface area contributed by atoms with Crippen molar-refractivity contribution in [3.63, 3.8) is 0 Å². The summed E-state index contributed by atoms with van der Waals surface area (Å²) in [6.45, 7) is 0. The standard InChI is InChI=1S/C14H16FN3O/c1-16-12-7-3-6-11(12)14-17-13(18-19-14)9-4-2-5-10(15)8-9/h2,4-5,8,11-12,16H,3,6-7H2,1H3. The van der Waals surface area contributed by atoms with Crippen LogP contribution in [0.3, 0.4) is 0 Å². The predicted molar refractivity (Wildman–Crippen MR) is 69.1 cm³/mol. The molecule has 0 saturated heterocycles. The quantitative estimate of drug-likeness (QED) is 0.923. The van der Waals surface area contributed by atoms with E-state index in [1.807, 2.05) is 7.05 Å². The molecule has 0 aliphatic heterocycles. The van der Waals surface area contributed by atoms with Crippen molar-refractivity contribution in [1.82, 2.24) is 15.5 Å². The Morgan fingerprint density at radius 2 is 2.26 bits per heavy atom. The van der Waals surface area contributed by atoms with E-state index in [0.29, 0.717) is 23.3 Å². The highest BCUT2D eigenvalue weighted by atomic mass is 19.1. The van der Waals surface area contributed by atoms with E-state index < -0.39 is 0 Å². The van der Waals surface area contributed by atoms with Crippen LogP contribution in [0.5, 0.6) is 0 Å². The Labute approximate surface area is 111 Å². The van der Waals surface area contributed by atoms with Gasteiger partial charge in [-0.3, -0.25) is 0 Å². The first-order chi connectivity index (χ1) is 9.28. The average molecular weight is 261 g/mol. The van der Waals surface area contributed by atoms with Crippen molar-refractivity contribution in [2.75, 3.05) is 7.05 Å². The van der Waals surface area contributed by atoms with Crippen molar-refractivity contribution < 1.29 is 8.91 Å². The highest BCUT2D eigenvalue weighted by Crippen LogP contribution is 2.34. The lowest BCUT2D eigenvalue weighted by atomic mass is 10.0. The van der Waals surface area contributed by atoms with Gasteiger partial charge in [0.05, 0.1) is 5.92 Å². The van der Waals surface area contributed by atoms with Crippen molar-refractivity contribution in [3.05, 3.63) is 36.0 Å². The molecule has 19 heavy (non-hydrogen) atoms. The number of nitrogens with one attached hydrogen (secondary N) is 1. The number of hydrogen-bond acceptors (Lipinski definition) is 4. The molecule has 1 aromatic carbocycles. The number of benzene rings is 1. The first-order valence-corrected chi connectivity index (χ1v) is 6.55. The molecule has 1 aliphatic rings. The van der Waals surface area contributed by atoms with Crippen molar-refractivity contribution in [1.29, 1.82) is 0 Å². The van der Waals surface area contributed by atoms with Crippen molar-refractivity contribution in [2.45, 2.75) is 31.2 Å². The van der Waals surface area contributed by atoms with Crippen LogP contribution in [0.2, 0.25) is 0 Å². The highest BCUT2D eigenvalue weighted by Gasteiger charge is 2.31. The Morgan fingerprint density at radius 3 is 3.05 bits per heavy atom. The SMILES string of the molecule is CNC1CCCC1c1nc(-c2cccc(F)c2)no1. The lowest BCUT2D eigenvalue weighted by Crippen LogP contribution is -2.27. The van der Waals surface area contributed by atoms with Crippen LogP contribution in [0.4, 0.5) is 4.39 Å². The molecular formula is C14H16FN3O. The van der Waals surface area contributed by atoms with E-state index in [-0.39, 0.29) is 11.7 Å². The Morgan fingerprint density at radius 1 is 1.37 bits per heavy atom. The summed E-state index contributed by atoms with van der Waals surface area (Å²) >= 11 is 0. The maximum absolute atomic E-state index is 13.2. The van der Waals surface area contributed by atoms with E-state index in [2.05, 4.69) is 15.5 Å². The Balaban J connectivity index is 1.87. The lowest BCUT2D eigenvalue weighted by molar-refractivity contribution is 0.335. The van der Waals surface area contributed by atoms with Crippen molar-refractivity contribution >= 4 is 0 Å². The Kier molecular flexibility index (Phi) is 3.29. The maximum Gasteiger partial charge on any atom is 0.231 e. The Hall–Kier alpha value is -1.75. The number of rotatable bonds is 3. The molecule has 1 saturated carbocycles.